The van der Waals surface area contributed by atoms with Crippen molar-refractivity contribution in [1.82, 2.24) is 15.1 Å². The summed E-state index contributed by atoms with van der Waals surface area (Å²) in [5.41, 5.74) is 0.626. The lowest BCUT2D eigenvalue weighted by Crippen LogP contribution is -2.53. The van der Waals surface area contributed by atoms with Gasteiger partial charge in [-0.1, -0.05) is 11.6 Å². The molecule has 0 spiro atoms. The molecule has 2 aliphatic heterocycles. The van der Waals surface area contributed by atoms with E-state index in [0.717, 1.165) is 6.42 Å². The van der Waals surface area contributed by atoms with Gasteiger partial charge in [-0.05, 0) is 30.7 Å². The normalized spacial score (nSPS) is 21.2. The van der Waals surface area contributed by atoms with Gasteiger partial charge in [0, 0.05) is 43.3 Å². The summed E-state index contributed by atoms with van der Waals surface area (Å²) in [6.45, 7) is 4.18. The van der Waals surface area contributed by atoms with Crippen LogP contribution in [0.2, 0.25) is 5.02 Å². The molecule has 25 heavy (non-hydrogen) atoms. The van der Waals surface area contributed by atoms with Crippen LogP contribution in [0.25, 0.3) is 0 Å². The Kier molecular flexibility index (Phi) is 7.50. The molecule has 2 fully saturated rings. The number of hydrogen-bond donors (Lipinski definition) is 1. The van der Waals surface area contributed by atoms with Crippen LogP contribution in [0, 0.1) is 0 Å². The highest BCUT2D eigenvalue weighted by Gasteiger charge is 2.28. The minimum Gasteiger partial charge on any atom is -0.378 e. The predicted octanol–water partition coefficient (Wildman–Crippen LogP) is 1.42. The van der Waals surface area contributed by atoms with Gasteiger partial charge in [0.2, 0.25) is 5.91 Å². The topological polar surface area (TPSA) is 61.9 Å². The fourth-order valence-electron chi connectivity index (χ4n) is 3.06. The van der Waals surface area contributed by atoms with Gasteiger partial charge in [-0.3, -0.25) is 9.59 Å². The van der Waals surface area contributed by atoms with Gasteiger partial charge in [-0.2, -0.15) is 0 Å². The summed E-state index contributed by atoms with van der Waals surface area (Å²) >= 11 is 5.87. The van der Waals surface area contributed by atoms with E-state index in [1.54, 1.807) is 29.2 Å². The number of carbonyl (C=O) groups excluding carboxylic acids is 2. The molecule has 1 aromatic rings. The van der Waals surface area contributed by atoms with E-state index in [0.29, 0.717) is 56.5 Å². The van der Waals surface area contributed by atoms with E-state index in [9.17, 15) is 9.59 Å². The molecule has 2 heterocycles. The Morgan fingerprint density at radius 1 is 1.08 bits per heavy atom. The summed E-state index contributed by atoms with van der Waals surface area (Å²) in [6.07, 6.45) is 0.776. The highest BCUT2D eigenvalue weighted by Crippen LogP contribution is 2.14. The minimum absolute atomic E-state index is 0. The zero-order valence-electron chi connectivity index (χ0n) is 13.9. The van der Waals surface area contributed by atoms with Crippen molar-refractivity contribution < 1.29 is 14.3 Å². The third-order valence-corrected chi connectivity index (χ3v) is 4.66. The van der Waals surface area contributed by atoms with Crippen molar-refractivity contribution in [3.05, 3.63) is 34.9 Å². The van der Waals surface area contributed by atoms with Gasteiger partial charge < -0.3 is 19.9 Å². The second kappa shape index (κ2) is 9.38. The summed E-state index contributed by atoms with van der Waals surface area (Å²) in [6, 6.07) is 6.65. The lowest BCUT2D eigenvalue weighted by atomic mass is 10.2. The van der Waals surface area contributed by atoms with E-state index in [1.807, 2.05) is 4.90 Å². The van der Waals surface area contributed by atoms with Crippen LogP contribution in [0.4, 0.5) is 0 Å². The first kappa shape index (κ1) is 20.0. The monoisotopic (exact) mass is 387 g/mol. The summed E-state index contributed by atoms with van der Waals surface area (Å²) in [5, 5.41) is 3.80. The molecular weight excluding hydrogens is 365 g/mol. The van der Waals surface area contributed by atoms with Crippen LogP contribution in [0.1, 0.15) is 16.8 Å². The fourth-order valence-corrected chi connectivity index (χ4v) is 3.19. The number of carbonyl (C=O) groups is 2. The van der Waals surface area contributed by atoms with E-state index in [4.69, 9.17) is 16.3 Å². The Morgan fingerprint density at radius 2 is 1.76 bits per heavy atom. The molecule has 8 heteroatoms. The van der Waals surface area contributed by atoms with E-state index in [1.165, 1.54) is 0 Å². The van der Waals surface area contributed by atoms with Gasteiger partial charge in [0.25, 0.3) is 5.91 Å². The van der Waals surface area contributed by atoms with Crippen molar-refractivity contribution in [3.63, 3.8) is 0 Å². The van der Waals surface area contributed by atoms with Crippen LogP contribution < -0.4 is 5.32 Å². The van der Waals surface area contributed by atoms with Crippen LogP contribution >= 0.6 is 24.0 Å². The first-order chi connectivity index (χ1) is 11.6. The van der Waals surface area contributed by atoms with Crippen LogP contribution in [0.5, 0.6) is 0 Å². The van der Waals surface area contributed by atoms with Crippen molar-refractivity contribution in [2.75, 3.05) is 45.9 Å². The number of morpholine rings is 1. The molecular formula is C17H23Cl2N3O3. The molecule has 0 aromatic heterocycles. The number of nitrogens with one attached hydrogen (secondary N) is 1. The number of hydrogen-bond acceptors (Lipinski definition) is 4. The van der Waals surface area contributed by atoms with Gasteiger partial charge in [0.15, 0.2) is 0 Å². The third-order valence-electron chi connectivity index (χ3n) is 4.41. The molecule has 1 atom stereocenters. The number of benzene rings is 1. The van der Waals surface area contributed by atoms with Crippen molar-refractivity contribution in [2.24, 2.45) is 0 Å². The minimum atomic E-state index is -0.266. The molecule has 0 radical (unpaired) electrons. The molecule has 1 N–H and O–H groups in total. The Labute approximate surface area is 158 Å². The molecule has 2 aliphatic rings. The van der Waals surface area contributed by atoms with E-state index in [2.05, 4.69) is 5.32 Å². The first-order valence-electron chi connectivity index (χ1n) is 8.30. The van der Waals surface area contributed by atoms with Gasteiger partial charge in [0.1, 0.15) is 6.04 Å². The smallest absolute Gasteiger partial charge is 0.253 e. The molecule has 2 saturated heterocycles. The van der Waals surface area contributed by atoms with Crippen molar-refractivity contribution in [2.45, 2.75) is 12.5 Å². The molecule has 2 amide bonds. The summed E-state index contributed by atoms with van der Waals surface area (Å²) in [5.74, 6) is 0.0515. The van der Waals surface area contributed by atoms with Crippen molar-refractivity contribution >= 4 is 35.8 Å². The van der Waals surface area contributed by atoms with Gasteiger partial charge >= 0.3 is 0 Å². The second-order valence-corrected chi connectivity index (χ2v) is 6.50. The molecule has 3 rings (SSSR count). The fraction of sp³-hybridized carbons (Fsp3) is 0.529. The lowest BCUT2D eigenvalue weighted by Gasteiger charge is -2.29. The highest BCUT2D eigenvalue weighted by atomic mass is 35.5. The number of nitrogens with zero attached hydrogens (tertiary/aromatic N) is 2. The molecule has 0 aliphatic carbocycles. The third kappa shape index (κ3) is 5.07. The standard InChI is InChI=1S/C17H22ClN3O3.ClH/c18-14-4-2-13(3-5-14)16(22)20-7-1-8-21(10-9-20)17(23)15-12-24-11-6-19-15;/h2-5,15,19H,1,6-12H2;1H. The number of rotatable bonds is 2. The zero-order chi connectivity index (χ0) is 16.9. The number of ether oxygens (including phenoxy) is 1. The second-order valence-electron chi connectivity index (χ2n) is 6.06. The van der Waals surface area contributed by atoms with Crippen LogP contribution in [0.3, 0.4) is 0 Å². The quantitative estimate of drug-likeness (QED) is 0.833. The largest absolute Gasteiger partial charge is 0.378 e. The molecule has 1 unspecified atom stereocenters. The van der Waals surface area contributed by atoms with E-state index >= 15 is 0 Å². The summed E-state index contributed by atoms with van der Waals surface area (Å²) < 4.78 is 5.37. The Hall–Kier alpha value is -1.34. The Morgan fingerprint density at radius 3 is 2.44 bits per heavy atom. The SMILES string of the molecule is Cl.O=C(c1ccc(Cl)cc1)N1CCCN(C(=O)C2COCCN2)CC1. The van der Waals surface area contributed by atoms with Gasteiger partial charge in [-0.15, -0.1) is 12.4 Å². The van der Waals surface area contributed by atoms with Gasteiger partial charge in [-0.25, -0.2) is 0 Å². The maximum Gasteiger partial charge on any atom is 0.253 e. The molecule has 0 bridgehead atoms. The Balaban J connectivity index is 0.00000225. The zero-order valence-corrected chi connectivity index (χ0v) is 15.5. The average Bonchev–Trinajstić information content (AvgIpc) is 2.88. The van der Waals surface area contributed by atoms with E-state index < -0.39 is 0 Å². The van der Waals surface area contributed by atoms with Gasteiger partial charge in [0.05, 0.1) is 13.2 Å². The Bertz CT molecular complexity index is 591. The maximum absolute atomic E-state index is 12.6. The van der Waals surface area contributed by atoms with Crippen LogP contribution in [-0.4, -0.2) is 73.6 Å². The lowest BCUT2D eigenvalue weighted by molar-refractivity contribution is -0.136. The first-order valence-corrected chi connectivity index (χ1v) is 8.68. The van der Waals surface area contributed by atoms with Crippen LogP contribution in [-0.2, 0) is 9.53 Å². The summed E-state index contributed by atoms with van der Waals surface area (Å²) in [4.78, 5) is 28.8. The molecule has 138 valence electrons. The highest BCUT2D eigenvalue weighted by molar-refractivity contribution is 6.30. The molecule has 6 nitrogen and oxygen atoms in total. The average molecular weight is 388 g/mol. The number of halogens is 2. The predicted molar refractivity (Wildman–Crippen MR) is 98.4 cm³/mol. The number of amides is 2. The molecule has 1 aromatic carbocycles. The maximum atomic E-state index is 12.6. The van der Waals surface area contributed by atoms with Crippen LogP contribution in [0.15, 0.2) is 24.3 Å². The van der Waals surface area contributed by atoms with Crippen molar-refractivity contribution in [1.29, 1.82) is 0 Å². The van der Waals surface area contributed by atoms with E-state index in [-0.39, 0.29) is 30.3 Å². The molecule has 0 saturated carbocycles. The van der Waals surface area contributed by atoms with Crippen molar-refractivity contribution in [3.8, 4) is 0 Å². The summed E-state index contributed by atoms with van der Waals surface area (Å²) in [7, 11) is 0.